The third kappa shape index (κ3) is 8.49. The lowest BCUT2D eigenvalue weighted by molar-refractivity contribution is -0.116. The molecule has 0 saturated heterocycles. The standard InChI is InChI=1S/C26H28N4O3/c1-19(2)29-26(32)30-23-10-5-21(6-11-23)17-28-25(31)14-9-20-7-12-24(13-8-20)33-18-22-4-3-15-27-16-22/h3-16,19H,17-18H2,1-2H3,(H,28,31)(H2,29,30,32). The molecular weight excluding hydrogens is 416 g/mol. The second-order valence-electron chi connectivity index (χ2n) is 7.72. The molecule has 0 saturated carbocycles. The van der Waals surface area contributed by atoms with E-state index in [0.29, 0.717) is 18.8 Å². The van der Waals surface area contributed by atoms with E-state index >= 15 is 0 Å². The maximum absolute atomic E-state index is 12.1. The van der Waals surface area contributed by atoms with Gasteiger partial charge in [0.15, 0.2) is 0 Å². The third-order valence-electron chi connectivity index (χ3n) is 4.53. The minimum Gasteiger partial charge on any atom is -0.489 e. The molecule has 7 heteroatoms. The number of urea groups is 1. The first-order valence-corrected chi connectivity index (χ1v) is 10.7. The predicted molar refractivity (Wildman–Crippen MR) is 130 cm³/mol. The van der Waals surface area contributed by atoms with E-state index in [0.717, 1.165) is 22.4 Å². The van der Waals surface area contributed by atoms with Crippen molar-refractivity contribution in [3.63, 3.8) is 0 Å². The molecule has 0 bridgehead atoms. The zero-order valence-electron chi connectivity index (χ0n) is 18.7. The number of hydrogen-bond donors (Lipinski definition) is 3. The predicted octanol–water partition coefficient (Wildman–Crippen LogP) is 4.52. The molecule has 1 aromatic heterocycles. The molecule has 3 aromatic rings. The van der Waals surface area contributed by atoms with E-state index in [4.69, 9.17) is 4.74 Å². The van der Waals surface area contributed by atoms with Crippen LogP contribution in [0, 0.1) is 0 Å². The number of benzene rings is 2. The molecule has 3 N–H and O–H groups in total. The van der Waals surface area contributed by atoms with Crippen molar-refractivity contribution in [2.45, 2.75) is 33.0 Å². The Morgan fingerprint density at radius 3 is 2.42 bits per heavy atom. The van der Waals surface area contributed by atoms with Crippen LogP contribution in [0.5, 0.6) is 5.75 Å². The van der Waals surface area contributed by atoms with Gasteiger partial charge in [0, 0.05) is 42.3 Å². The van der Waals surface area contributed by atoms with Crippen molar-refractivity contribution in [3.05, 3.63) is 95.8 Å². The summed E-state index contributed by atoms with van der Waals surface area (Å²) in [5.74, 6) is 0.561. The highest BCUT2D eigenvalue weighted by Gasteiger charge is 2.04. The summed E-state index contributed by atoms with van der Waals surface area (Å²) in [7, 11) is 0. The fraction of sp³-hybridized carbons (Fsp3) is 0.192. The summed E-state index contributed by atoms with van der Waals surface area (Å²) >= 11 is 0. The lowest BCUT2D eigenvalue weighted by Gasteiger charge is -2.10. The molecule has 0 aliphatic rings. The van der Waals surface area contributed by atoms with Crippen LogP contribution in [-0.2, 0) is 17.9 Å². The summed E-state index contributed by atoms with van der Waals surface area (Å²) in [5.41, 5.74) is 3.52. The Kier molecular flexibility index (Phi) is 8.59. The number of amides is 3. The van der Waals surface area contributed by atoms with E-state index in [9.17, 15) is 9.59 Å². The van der Waals surface area contributed by atoms with Gasteiger partial charge < -0.3 is 20.7 Å². The van der Waals surface area contributed by atoms with Crippen LogP contribution in [-0.4, -0.2) is 23.0 Å². The van der Waals surface area contributed by atoms with Crippen molar-refractivity contribution in [1.82, 2.24) is 15.6 Å². The zero-order valence-corrected chi connectivity index (χ0v) is 18.7. The van der Waals surface area contributed by atoms with Crippen LogP contribution in [0.25, 0.3) is 6.08 Å². The summed E-state index contributed by atoms with van der Waals surface area (Å²) in [6.07, 6.45) is 6.75. The zero-order chi connectivity index (χ0) is 23.5. The maximum atomic E-state index is 12.1. The quantitative estimate of drug-likeness (QED) is 0.423. The van der Waals surface area contributed by atoms with E-state index in [1.165, 1.54) is 6.08 Å². The van der Waals surface area contributed by atoms with Gasteiger partial charge >= 0.3 is 6.03 Å². The second-order valence-corrected chi connectivity index (χ2v) is 7.72. The minimum atomic E-state index is -0.246. The lowest BCUT2D eigenvalue weighted by atomic mass is 10.2. The number of carbonyl (C=O) groups is 2. The van der Waals surface area contributed by atoms with E-state index in [1.54, 1.807) is 30.6 Å². The summed E-state index contributed by atoms with van der Waals surface area (Å²) in [6, 6.07) is 18.5. The average Bonchev–Trinajstić information content (AvgIpc) is 2.82. The molecule has 2 aromatic carbocycles. The van der Waals surface area contributed by atoms with Crippen LogP contribution in [0.4, 0.5) is 10.5 Å². The number of ether oxygens (including phenoxy) is 1. The Morgan fingerprint density at radius 2 is 1.76 bits per heavy atom. The number of nitrogens with one attached hydrogen (secondary N) is 3. The summed E-state index contributed by atoms with van der Waals surface area (Å²) in [4.78, 5) is 27.9. The van der Waals surface area contributed by atoms with E-state index in [2.05, 4.69) is 20.9 Å². The SMILES string of the molecule is CC(C)NC(=O)Nc1ccc(CNC(=O)C=Cc2ccc(OCc3cccnc3)cc2)cc1. The van der Waals surface area contributed by atoms with E-state index < -0.39 is 0 Å². The normalized spacial score (nSPS) is 10.8. The van der Waals surface area contributed by atoms with Crippen LogP contribution in [0.2, 0.25) is 0 Å². The third-order valence-corrected chi connectivity index (χ3v) is 4.53. The highest BCUT2D eigenvalue weighted by molar-refractivity contribution is 5.91. The Balaban J connectivity index is 1.42. The van der Waals surface area contributed by atoms with Crippen molar-refractivity contribution >= 4 is 23.7 Å². The number of carbonyl (C=O) groups excluding carboxylic acids is 2. The monoisotopic (exact) mass is 444 g/mol. The highest BCUT2D eigenvalue weighted by atomic mass is 16.5. The van der Waals surface area contributed by atoms with Gasteiger partial charge in [-0.15, -0.1) is 0 Å². The summed E-state index contributed by atoms with van der Waals surface area (Å²) in [5, 5.41) is 8.38. The van der Waals surface area contributed by atoms with Crippen molar-refractivity contribution in [2.24, 2.45) is 0 Å². The maximum Gasteiger partial charge on any atom is 0.319 e. The molecule has 7 nitrogen and oxygen atoms in total. The largest absolute Gasteiger partial charge is 0.489 e. The van der Waals surface area contributed by atoms with Crippen molar-refractivity contribution < 1.29 is 14.3 Å². The molecule has 3 amide bonds. The molecule has 1 heterocycles. The van der Waals surface area contributed by atoms with Gasteiger partial charge in [-0.3, -0.25) is 9.78 Å². The molecule has 0 aliphatic carbocycles. The minimum absolute atomic E-state index is 0.0659. The molecule has 0 unspecified atom stereocenters. The Hall–Kier alpha value is -4.13. The molecule has 0 spiro atoms. The van der Waals surface area contributed by atoms with E-state index in [1.807, 2.05) is 62.4 Å². The van der Waals surface area contributed by atoms with Gasteiger partial charge in [-0.1, -0.05) is 30.3 Å². The van der Waals surface area contributed by atoms with Gasteiger partial charge in [0.05, 0.1) is 0 Å². The molecule has 0 atom stereocenters. The number of hydrogen-bond acceptors (Lipinski definition) is 4. The first-order valence-electron chi connectivity index (χ1n) is 10.7. The Bertz CT molecular complexity index is 1060. The average molecular weight is 445 g/mol. The Labute approximate surface area is 193 Å². The van der Waals surface area contributed by atoms with Crippen LogP contribution >= 0.6 is 0 Å². The van der Waals surface area contributed by atoms with Gasteiger partial charge in [-0.2, -0.15) is 0 Å². The number of nitrogens with zero attached hydrogens (tertiary/aromatic N) is 1. The van der Waals surface area contributed by atoms with Gasteiger partial charge in [0.25, 0.3) is 0 Å². The number of rotatable bonds is 9. The van der Waals surface area contributed by atoms with Crippen LogP contribution in [0.15, 0.2) is 79.1 Å². The first kappa shape index (κ1) is 23.5. The molecule has 170 valence electrons. The van der Waals surface area contributed by atoms with Gasteiger partial charge in [-0.25, -0.2) is 4.79 Å². The van der Waals surface area contributed by atoms with Crippen LogP contribution in [0.3, 0.4) is 0 Å². The molecule has 0 aliphatic heterocycles. The molecule has 0 fully saturated rings. The van der Waals surface area contributed by atoms with Crippen LogP contribution in [0.1, 0.15) is 30.5 Å². The van der Waals surface area contributed by atoms with Crippen molar-refractivity contribution in [1.29, 1.82) is 0 Å². The molecular formula is C26H28N4O3. The van der Waals surface area contributed by atoms with Gasteiger partial charge in [-0.05, 0) is 61.4 Å². The molecule has 0 radical (unpaired) electrons. The number of pyridine rings is 1. The lowest BCUT2D eigenvalue weighted by Crippen LogP contribution is -2.34. The highest BCUT2D eigenvalue weighted by Crippen LogP contribution is 2.15. The van der Waals surface area contributed by atoms with Crippen LogP contribution < -0.4 is 20.7 Å². The smallest absolute Gasteiger partial charge is 0.319 e. The Morgan fingerprint density at radius 1 is 1.00 bits per heavy atom. The summed E-state index contributed by atoms with van der Waals surface area (Å²) in [6.45, 7) is 4.64. The fourth-order valence-electron chi connectivity index (χ4n) is 2.88. The molecule has 3 rings (SSSR count). The fourth-order valence-corrected chi connectivity index (χ4v) is 2.88. The first-order chi connectivity index (χ1) is 16.0. The van der Waals surface area contributed by atoms with Gasteiger partial charge in [0.2, 0.25) is 5.91 Å². The van der Waals surface area contributed by atoms with E-state index in [-0.39, 0.29) is 18.0 Å². The number of anilines is 1. The van der Waals surface area contributed by atoms with Crippen molar-refractivity contribution in [3.8, 4) is 5.75 Å². The summed E-state index contributed by atoms with van der Waals surface area (Å²) < 4.78 is 5.74. The molecule has 33 heavy (non-hydrogen) atoms. The van der Waals surface area contributed by atoms with Gasteiger partial charge in [0.1, 0.15) is 12.4 Å². The number of aromatic nitrogens is 1. The van der Waals surface area contributed by atoms with Crippen molar-refractivity contribution in [2.75, 3.05) is 5.32 Å². The second kappa shape index (κ2) is 12.0. The topological polar surface area (TPSA) is 92.4 Å².